The minimum absolute atomic E-state index is 0.146. The second kappa shape index (κ2) is 6.25. The summed E-state index contributed by atoms with van der Waals surface area (Å²) in [7, 11) is 0. The number of halogens is 6. The Kier molecular flexibility index (Phi) is 5.97. The van der Waals surface area contributed by atoms with Gasteiger partial charge in [0.1, 0.15) is 0 Å². The molecule has 0 aliphatic heterocycles. The zero-order chi connectivity index (χ0) is 18.1. The van der Waals surface area contributed by atoms with Crippen LogP contribution in [0.25, 0.3) is 0 Å². The normalized spacial score (nSPS) is 15.9. The molecule has 0 amide bonds. The summed E-state index contributed by atoms with van der Waals surface area (Å²) in [6.45, 7) is 6.18. The Balaban J connectivity index is 5.88. The third-order valence-corrected chi connectivity index (χ3v) is 3.55. The van der Waals surface area contributed by atoms with Crippen LogP contribution >= 0.6 is 0 Å². The maximum Gasteiger partial charge on any atom is 0.430 e. The van der Waals surface area contributed by atoms with Crippen molar-refractivity contribution >= 4 is 5.97 Å². The largest absolute Gasteiger partial charge is 0.458 e. The molecule has 1 N–H and O–H groups in total. The van der Waals surface area contributed by atoms with Crippen LogP contribution in [0.15, 0.2) is 0 Å². The zero-order valence-electron chi connectivity index (χ0n) is 12.9. The lowest BCUT2D eigenvalue weighted by atomic mass is 9.85. The molecule has 0 spiro atoms. The molecule has 0 fully saturated rings. The van der Waals surface area contributed by atoms with Crippen LogP contribution < -0.4 is 0 Å². The number of alkyl halides is 6. The molecule has 132 valence electrons. The van der Waals surface area contributed by atoms with E-state index >= 15 is 0 Å². The number of ether oxygens (including phenoxy) is 1. The Labute approximate surface area is 124 Å². The summed E-state index contributed by atoms with van der Waals surface area (Å²) in [5, 5.41) is 9.37. The van der Waals surface area contributed by atoms with Gasteiger partial charge in [0.25, 0.3) is 5.60 Å². The molecule has 0 radical (unpaired) electrons. The quantitative estimate of drug-likeness (QED) is 0.612. The third kappa shape index (κ3) is 3.85. The van der Waals surface area contributed by atoms with Gasteiger partial charge in [0.05, 0.1) is 5.41 Å². The van der Waals surface area contributed by atoms with Gasteiger partial charge in [-0.25, -0.2) is 0 Å². The summed E-state index contributed by atoms with van der Waals surface area (Å²) in [5.74, 6) is -2.65. The first-order chi connectivity index (χ1) is 9.52. The lowest BCUT2D eigenvalue weighted by Gasteiger charge is -2.40. The summed E-state index contributed by atoms with van der Waals surface area (Å²) in [6.07, 6.45) is -14.7. The van der Waals surface area contributed by atoms with Gasteiger partial charge < -0.3 is 9.84 Å². The van der Waals surface area contributed by atoms with E-state index in [0.717, 1.165) is 13.8 Å². The summed E-state index contributed by atoms with van der Waals surface area (Å²) in [6, 6.07) is 0. The lowest BCUT2D eigenvalue weighted by Crippen LogP contribution is -2.66. The standard InChI is InChI=1S/C13H20F6O3/c1-6-10(4,5)9(20)22-8(7(2)3)11(21,12(14,15)16)13(17,18)19/h7-8,21H,6H2,1-5H3. The molecule has 1 atom stereocenters. The number of hydrogen-bond donors (Lipinski definition) is 1. The maximum absolute atomic E-state index is 12.9. The minimum atomic E-state index is -6.04. The van der Waals surface area contributed by atoms with Gasteiger partial charge in [-0.1, -0.05) is 20.8 Å². The first kappa shape index (κ1) is 21.0. The lowest BCUT2D eigenvalue weighted by molar-refractivity contribution is -0.395. The molecular formula is C13H20F6O3. The maximum atomic E-state index is 12.9. The fourth-order valence-corrected chi connectivity index (χ4v) is 1.61. The second-order valence-corrected chi connectivity index (χ2v) is 6.07. The van der Waals surface area contributed by atoms with Gasteiger partial charge in [-0.15, -0.1) is 0 Å². The topological polar surface area (TPSA) is 46.5 Å². The van der Waals surface area contributed by atoms with Crippen LogP contribution in [0, 0.1) is 11.3 Å². The van der Waals surface area contributed by atoms with Crippen LogP contribution in [0.5, 0.6) is 0 Å². The van der Waals surface area contributed by atoms with Gasteiger partial charge in [0, 0.05) is 0 Å². The van der Waals surface area contributed by atoms with Gasteiger partial charge in [-0.3, -0.25) is 4.79 Å². The van der Waals surface area contributed by atoms with Crippen LogP contribution in [0.1, 0.15) is 41.0 Å². The first-order valence-corrected chi connectivity index (χ1v) is 6.59. The van der Waals surface area contributed by atoms with Crippen molar-refractivity contribution in [2.24, 2.45) is 11.3 Å². The van der Waals surface area contributed by atoms with E-state index in [-0.39, 0.29) is 6.42 Å². The molecule has 1 unspecified atom stereocenters. The van der Waals surface area contributed by atoms with Gasteiger partial charge >= 0.3 is 18.3 Å². The van der Waals surface area contributed by atoms with Crippen molar-refractivity contribution in [2.75, 3.05) is 0 Å². The minimum Gasteiger partial charge on any atom is -0.458 e. The molecule has 22 heavy (non-hydrogen) atoms. The Bertz CT molecular complexity index is 384. The highest BCUT2D eigenvalue weighted by molar-refractivity contribution is 5.76. The van der Waals surface area contributed by atoms with E-state index in [1.165, 1.54) is 20.8 Å². The van der Waals surface area contributed by atoms with E-state index in [1.54, 1.807) is 0 Å². The Morgan fingerprint density at radius 1 is 1.05 bits per heavy atom. The van der Waals surface area contributed by atoms with E-state index in [0.29, 0.717) is 0 Å². The second-order valence-electron chi connectivity index (χ2n) is 6.07. The molecule has 3 nitrogen and oxygen atoms in total. The Hall–Kier alpha value is -0.990. The fourth-order valence-electron chi connectivity index (χ4n) is 1.61. The molecule has 0 saturated carbocycles. The van der Waals surface area contributed by atoms with E-state index in [2.05, 4.69) is 4.74 Å². The van der Waals surface area contributed by atoms with Crippen molar-refractivity contribution in [1.82, 2.24) is 0 Å². The molecule has 0 aliphatic carbocycles. The number of esters is 1. The fraction of sp³-hybridized carbons (Fsp3) is 0.923. The molecule has 0 aromatic carbocycles. The van der Waals surface area contributed by atoms with E-state index in [1.807, 2.05) is 0 Å². The van der Waals surface area contributed by atoms with Crippen LogP contribution in [0.3, 0.4) is 0 Å². The molecular weight excluding hydrogens is 318 g/mol. The number of carbonyl (C=O) groups excluding carboxylic acids is 1. The van der Waals surface area contributed by atoms with Gasteiger partial charge in [-0.2, -0.15) is 26.3 Å². The molecule has 0 aromatic rings. The number of carbonyl (C=O) groups is 1. The molecule has 0 aliphatic rings. The van der Waals surface area contributed by atoms with E-state index in [9.17, 15) is 36.2 Å². The highest BCUT2D eigenvalue weighted by Gasteiger charge is 2.76. The number of hydrogen-bond acceptors (Lipinski definition) is 3. The van der Waals surface area contributed by atoms with Crippen LogP contribution in [0.2, 0.25) is 0 Å². The smallest absolute Gasteiger partial charge is 0.430 e. The molecule has 0 saturated heterocycles. The van der Waals surface area contributed by atoms with E-state index in [4.69, 9.17) is 0 Å². The van der Waals surface area contributed by atoms with Crippen LogP contribution in [0.4, 0.5) is 26.3 Å². The van der Waals surface area contributed by atoms with Gasteiger partial charge in [-0.05, 0) is 26.2 Å². The number of aliphatic hydroxyl groups is 1. The van der Waals surface area contributed by atoms with Gasteiger partial charge in [0.15, 0.2) is 6.10 Å². The summed E-state index contributed by atoms with van der Waals surface area (Å²) in [4.78, 5) is 11.8. The summed E-state index contributed by atoms with van der Waals surface area (Å²) >= 11 is 0. The van der Waals surface area contributed by atoms with Crippen molar-refractivity contribution in [1.29, 1.82) is 0 Å². The monoisotopic (exact) mass is 338 g/mol. The molecule has 9 heteroatoms. The predicted molar refractivity (Wildman–Crippen MR) is 65.8 cm³/mol. The molecule has 0 aromatic heterocycles. The van der Waals surface area contributed by atoms with Crippen molar-refractivity contribution in [2.45, 2.75) is 65.1 Å². The highest BCUT2D eigenvalue weighted by atomic mass is 19.4. The average Bonchev–Trinajstić information content (AvgIpc) is 2.31. The summed E-state index contributed by atoms with van der Waals surface area (Å²) < 4.78 is 81.7. The predicted octanol–water partition coefficient (Wildman–Crippen LogP) is 3.85. The molecule has 0 heterocycles. The van der Waals surface area contributed by atoms with Crippen molar-refractivity contribution < 1.29 is 41.0 Å². The van der Waals surface area contributed by atoms with Gasteiger partial charge in [0.2, 0.25) is 0 Å². The van der Waals surface area contributed by atoms with Crippen molar-refractivity contribution in [3.8, 4) is 0 Å². The highest BCUT2D eigenvalue weighted by Crippen LogP contribution is 2.48. The third-order valence-electron chi connectivity index (χ3n) is 3.55. The zero-order valence-corrected chi connectivity index (χ0v) is 12.9. The van der Waals surface area contributed by atoms with Crippen LogP contribution in [-0.4, -0.2) is 35.1 Å². The van der Waals surface area contributed by atoms with Crippen LogP contribution in [-0.2, 0) is 9.53 Å². The molecule has 0 bridgehead atoms. The average molecular weight is 338 g/mol. The van der Waals surface area contributed by atoms with Crippen molar-refractivity contribution in [3.05, 3.63) is 0 Å². The van der Waals surface area contributed by atoms with Crippen molar-refractivity contribution in [3.63, 3.8) is 0 Å². The SMILES string of the molecule is CCC(C)(C)C(=O)OC(C(C)C)C(O)(C(F)(F)F)C(F)(F)F. The number of rotatable bonds is 5. The molecule has 0 rings (SSSR count). The van der Waals surface area contributed by atoms with E-state index < -0.39 is 41.4 Å². The Morgan fingerprint density at radius 3 is 1.64 bits per heavy atom. The first-order valence-electron chi connectivity index (χ1n) is 6.59. The Morgan fingerprint density at radius 2 is 1.41 bits per heavy atom. The summed E-state index contributed by atoms with van der Waals surface area (Å²) in [5.41, 5.74) is -6.40.